The van der Waals surface area contributed by atoms with E-state index in [2.05, 4.69) is 21.2 Å². The summed E-state index contributed by atoms with van der Waals surface area (Å²) in [5, 5.41) is 2.90. The number of nitrogens with one attached hydrogen (secondary N) is 1. The summed E-state index contributed by atoms with van der Waals surface area (Å²) >= 11 is 3.32. The average Bonchev–Trinajstić information content (AvgIpc) is 2.56. The summed E-state index contributed by atoms with van der Waals surface area (Å²) in [6.07, 6.45) is 4.92. The van der Waals surface area contributed by atoms with E-state index in [1.165, 1.54) is 18.6 Å². The van der Waals surface area contributed by atoms with Gasteiger partial charge in [0.25, 0.3) is 0 Å². The lowest BCUT2D eigenvalue weighted by Gasteiger charge is -2.31. The molecule has 1 aromatic rings. The Morgan fingerprint density at radius 2 is 1.94 bits per heavy atom. The van der Waals surface area contributed by atoms with Gasteiger partial charge in [0.1, 0.15) is 5.82 Å². The third-order valence-electron chi connectivity index (χ3n) is 3.95. The van der Waals surface area contributed by atoms with Crippen LogP contribution in [0.1, 0.15) is 37.7 Å². The smallest absolute Gasteiger partial charge is 0.235 e. The van der Waals surface area contributed by atoms with Crippen LogP contribution in [0.3, 0.4) is 0 Å². The molecule has 0 radical (unpaired) electrons. The summed E-state index contributed by atoms with van der Waals surface area (Å²) in [5.74, 6) is -0.240. The summed E-state index contributed by atoms with van der Waals surface area (Å²) in [7, 11) is 0. The van der Waals surface area contributed by atoms with Crippen molar-refractivity contribution in [3.8, 4) is 0 Å². The summed E-state index contributed by atoms with van der Waals surface area (Å²) in [4.78, 5) is 12.2. The number of amides is 1. The third-order valence-corrected chi connectivity index (χ3v) is 4.58. The van der Waals surface area contributed by atoms with Gasteiger partial charge >= 0.3 is 0 Å². The van der Waals surface area contributed by atoms with E-state index in [1.54, 1.807) is 0 Å². The maximum Gasteiger partial charge on any atom is 0.235 e. The number of hydrogen-bond donors (Lipinski definition) is 1. The quantitative estimate of drug-likeness (QED) is 0.776. The molecule has 90 valence electrons. The fourth-order valence-corrected chi connectivity index (χ4v) is 3.62. The molecule has 2 nitrogen and oxygen atoms in total. The molecule has 0 aromatic heterocycles. The van der Waals surface area contributed by atoms with Gasteiger partial charge in [-0.25, -0.2) is 4.39 Å². The second kappa shape index (κ2) is 3.80. The highest BCUT2D eigenvalue weighted by molar-refractivity contribution is 9.10. The summed E-state index contributed by atoms with van der Waals surface area (Å²) in [5.41, 5.74) is 1.13. The molecular formula is C13H13BrFNO. The molecule has 1 saturated carbocycles. The Morgan fingerprint density at radius 1 is 1.24 bits per heavy atom. The summed E-state index contributed by atoms with van der Waals surface area (Å²) < 4.78 is 14.2. The molecule has 1 aliphatic carbocycles. The topological polar surface area (TPSA) is 29.1 Å². The minimum atomic E-state index is -0.474. The zero-order valence-corrected chi connectivity index (χ0v) is 10.9. The molecule has 3 rings (SSSR count). The fraction of sp³-hybridized carbons (Fsp3) is 0.462. The van der Waals surface area contributed by atoms with Gasteiger partial charge in [0.2, 0.25) is 5.91 Å². The summed E-state index contributed by atoms with van der Waals surface area (Å²) in [6, 6.07) is 2.92. The molecule has 17 heavy (non-hydrogen) atoms. The van der Waals surface area contributed by atoms with Gasteiger partial charge in [-0.3, -0.25) is 4.79 Å². The highest BCUT2D eigenvalue weighted by atomic mass is 79.9. The number of carbonyl (C=O) groups is 1. The number of hydrogen-bond acceptors (Lipinski definition) is 1. The highest BCUT2D eigenvalue weighted by Gasteiger charge is 2.47. The Hall–Kier alpha value is -0.900. The Bertz CT molecular complexity index is 494. The van der Waals surface area contributed by atoms with Crippen molar-refractivity contribution in [1.82, 2.24) is 0 Å². The van der Waals surface area contributed by atoms with Crippen molar-refractivity contribution >= 4 is 27.5 Å². The SMILES string of the molecule is O=C1Nc2c(Br)cc(F)cc2C12CCCCC2. The highest BCUT2D eigenvalue weighted by Crippen LogP contribution is 2.49. The standard InChI is InChI=1S/C13H13BrFNO/c14-10-7-8(15)6-9-11(10)16-12(17)13(9)4-2-1-3-5-13/h6-7H,1-5H2,(H,16,17). The molecule has 1 aromatic carbocycles. The van der Waals surface area contributed by atoms with Crippen LogP contribution >= 0.6 is 15.9 Å². The number of benzene rings is 1. The maximum absolute atomic E-state index is 13.5. The molecule has 0 bridgehead atoms. The lowest BCUT2D eigenvalue weighted by molar-refractivity contribution is -0.121. The molecule has 1 fully saturated rings. The van der Waals surface area contributed by atoms with Crippen molar-refractivity contribution in [2.24, 2.45) is 0 Å². The molecular weight excluding hydrogens is 285 g/mol. The molecule has 1 aliphatic heterocycles. The van der Waals surface area contributed by atoms with Crippen LogP contribution in [-0.2, 0) is 10.2 Å². The van der Waals surface area contributed by atoms with Gasteiger partial charge in [0, 0.05) is 4.47 Å². The molecule has 4 heteroatoms. The van der Waals surface area contributed by atoms with E-state index in [1.807, 2.05) is 0 Å². The number of anilines is 1. The van der Waals surface area contributed by atoms with Gasteiger partial charge in [0.15, 0.2) is 0 Å². The van der Waals surface area contributed by atoms with Crippen LogP contribution in [0.25, 0.3) is 0 Å². The minimum Gasteiger partial charge on any atom is -0.324 e. The Balaban J connectivity index is 2.18. The van der Waals surface area contributed by atoms with Gasteiger partial charge in [-0.05, 0) is 46.5 Å². The zero-order valence-electron chi connectivity index (χ0n) is 9.35. The maximum atomic E-state index is 13.5. The first kappa shape index (κ1) is 11.2. The van der Waals surface area contributed by atoms with E-state index in [9.17, 15) is 9.18 Å². The van der Waals surface area contributed by atoms with E-state index in [0.29, 0.717) is 4.47 Å². The van der Waals surface area contributed by atoms with E-state index < -0.39 is 5.41 Å². The van der Waals surface area contributed by atoms with Crippen molar-refractivity contribution in [3.05, 3.63) is 28.0 Å². The van der Waals surface area contributed by atoms with Crippen LogP contribution in [-0.4, -0.2) is 5.91 Å². The van der Waals surface area contributed by atoms with Crippen LogP contribution < -0.4 is 5.32 Å². The predicted octanol–water partition coefficient (Wildman–Crippen LogP) is 3.74. The first-order valence-electron chi connectivity index (χ1n) is 5.94. The van der Waals surface area contributed by atoms with E-state index in [4.69, 9.17) is 0 Å². The lowest BCUT2D eigenvalue weighted by atomic mass is 9.70. The van der Waals surface area contributed by atoms with Crippen molar-refractivity contribution in [1.29, 1.82) is 0 Å². The molecule has 0 atom stereocenters. The summed E-state index contributed by atoms with van der Waals surface area (Å²) in [6.45, 7) is 0. The second-order valence-corrected chi connectivity index (χ2v) is 5.76. The Morgan fingerprint density at radius 3 is 2.65 bits per heavy atom. The van der Waals surface area contributed by atoms with Crippen LogP contribution in [0.15, 0.2) is 16.6 Å². The number of fused-ring (bicyclic) bond motifs is 2. The first-order chi connectivity index (χ1) is 8.13. The van der Waals surface area contributed by atoms with Gasteiger partial charge in [-0.2, -0.15) is 0 Å². The van der Waals surface area contributed by atoms with Crippen LogP contribution in [0.4, 0.5) is 10.1 Å². The molecule has 2 aliphatic rings. The van der Waals surface area contributed by atoms with Gasteiger partial charge in [-0.15, -0.1) is 0 Å². The third kappa shape index (κ3) is 1.53. The number of halogens is 2. The molecule has 0 unspecified atom stereocenters. The molecule has 1 spiro atoms. The monoisotopic (exact) mass is 297 g/mol. The minimum absolute atomic E-state index is 0.0403. The fourth-order valence-electron chi connectivity index (χ4n) is 3.09. The van der Waals surface area contributed by atoms with Crippen molar-refractivity contribution in [2.45, 2.75) is 37.5 Å². The first-order valence-corrected chi connectivity index (χ1v) is 6.74. The van der Waals surface area contributed by atoms with Gasteiger partial charge in [-0.1, -0.05) is 19.3 Å². The van der Waals surface area contributed by atoms with E-state index in [0.717, 1.165) is 36.9 Å². The number of carbonyl (C=O) groups excluding carboxylic acids is 1. The zero-order chi connectivity index (χ0) is 12.0. The normalized spacial score (nSPS) is 21.4. The van der Waals surface area contributed by atoms with Crippen LogP contribution in [0, 0.1) is 5.82 Å². The molecule has 0 saturated heterocycles. The van der Waals surface area contributed by atoms with Gasteiger partial charge in [0.05, 0.1) is 11.1 Å². The van der Waals surface area contributed by atoms with Gasteiger partial charge < -0.3 is 5.32 Å². The average molecular weight is 298 g/mol. The van der Waals surface area contributed by atoms with Crippen molar-refractivity contribution < 1.29 is 9.18 Å². The molecule has 1 heterocycles. The van der Waals surface area contributed by atoms with Crippen molar-refractivity contribution in [2.75, 3.05) is 5.32 Å². The second-order valence-electron chi connectivity index (χ2n) is 4.91. The van der Waals surface area contributed by atoms with Crippen LogP contribution in [0.5, 0.6) is 0 Å². The predicted molar refractivity (Wildman–Crippen MR) is 67.5 cm³/mol. The molecule has 1 amide bonds. The Kier molecular flexibility index (Phi) is 2.51. The van der Waals surface area contributed by atoms with Crippen molar-refractivity contribution in [3.63, 3.8) is 0 Å². The largest absolute Gasteiger partial charge is 0.324 e. The molecule has 1 N–H and O–H groups in total. The lowest BCUT2D eigenvalue weighted by Crippen LogP contribution is -2.36. The van der Waals surface area contributed by atoms with E-state index >= 15 is 0 Å². The Labute approximate surface area is 108 Å². The van der Waals surface area contributed by atoms with E-state index in [-0.39, 0.29) is 11.7 Å². The van der Waals surface area contributed by atoms with Crippen LogP contribution in [0.2, 0.25) is 0 Å². The number of rotatable bonds is 0.